The fourth-order valence-corrected chi connectivity index (χ4v) is 1.40. The SMILES string of the molecule is CCCCONC(=O)Cc1ccccc1[N+](=O)[O-]. The van der Waals surface area contributed by atoms with Crippen LogP contribution < -0.4 is 5.48 Å². The third-order valence-corrected chi connectivity index (χ3v) is 2.33. The second-order valence-electron chi connectivity index (χ2n) is 3.79. The second-order valence-corrected chi connectivity index (χ2v) is 3.79. The van der Waals surface area contributed by atoms with Crippen molar-refractivity contribution in [3.05, 3.63) is 39.9 Å². The van der Waals surface area contributed by atoms with Crippen molar-refractivity contribution in [3.63, 3.8) is 0 Å². The summed E-state index contributed by atoms with van der Waals surface area (Å²) < 4.78 is 0. The summed E-state index contributed by atoms with van der Waals surface area (Å²) in [5.41, 5.74) is 2.59. The van der Waals surface area contributed by atoms with Crippen LogP contribution in [0.15, 0.2) is 24.3 Å². The van der Waals surface area contributed by atoms with Gasteiger partial charge in [-0.3, -0.25) is 19.7 Å². The number of hydrogen-bond donors (Lipinski definition) is 1. The number of amides is 1. The van der Waals surface area contributed by atoms with E-state index in [2.05, 4.69) is 5.48 Å². The van der Waals surface area contributed by atoms with Crippen molar-refractivity contribution in [2.45, 2.75) is 26.2 Å². The molecule has 1 amide bonds. The maximum atomic E-state index is 11.5. The number of carbonyl (C=O) groups excluding carboxylic acids is 1. The molecule has 1 N–H and O–H groups in total. The highest BCUT2D eigenvalue weighted by Crippen LogP contribution is 2.17. The molecule has 0 unspecified atom stereocenters. The molecular formula is C12H16N2O4. The number of para-hydroxylation sites is 1. The van der Waals surface area contributed by atoms with Gasteiger partial charge in [-0.2, -0.15) is 0 Å². The highest BCUT2D eigenvalue weighted by atomic mass is 16.6. The Kier molecular flexibility index (Phi) is 5.79. The molecule has 0 aromatic heterocycles. The quantitative estimate of drug-likeness (QED) is 0.457. The molecule has 0 bridgehead atoms. The largest absolute Gasteiger partial charge is 0.274 e. The van der Waals surface area contributed by atoms with E-state index in [0.717, 1.165) is 12.8 Å². The van der Waals surface area contributed by atoms with E-state index in [-0.39, 0.29) is 18.0 Å². The minimum atomic E-state index is -0.499. The van der Waals surface area contributed by atoms with Crippen LogP contribution in [-0.2, 0) is 16.1 Å². The fourth-order valence-electron chi connectivity index (χ4n) is 1.40. The first-order valence-electron chi connectivity index (χ1n) is 5.78. The zero-order chi connectivity index (χ0) is 13.4. The summed E-state index contributed by atoms with van der Waals surface area (Å²) in [6.07, 6.45) is 1.76. The van der Waals surface area contributed by atoms with Crippen molar-refractivity contribution >= 4 is 11.6 Å². The van der Waals surface area contributed by atoms with E-state index in [0.29, 0.717) is 12.2 Å². The zero-order valence-corrected chi connectivity index (χ0v) is 10.2. The molecule has 0 saturated carbocycles. The van der Waals surface area contributed by atoms with E-state index in [4.69, 9.17) is 4.84 Å². The molecule has 6 heteroatoms. The number of unbranched alkanes of at least 4 members (excludes halogenated alkanes) is 1. The van der Waals surface area contributed by atoms with Gasteiger partial charge in [-0.1, -0.05) is 31.5 Å². The summed E-state index contributed by atoms with van der Waals surface area (Å²) in [6.45, 7) is 2.46. The molecule has 6 nitrogen and oxygen atoms in total. The molecule has 1 aromatic carbocycles. The lowest BCUT2D eigenvalue weighted by Gasteiger charge is -2.05. The third kappa shape index (κ3) is 4.50. The van der Waals surface area contributed by atoms with Gasteiger partial charge in [0.05, 0.1) is 18.0 Å². The fraction of sp³-hybridized carbons (Fsp3) is 0.417. The summed E-state index contributed by atoms with van der Waals surface area (Å²) in [7, 11) is 0. The van der Waals surface area contributed by atoms with Gasteiger partial charge < -0.3 is 0 Å². The Labute approximate surface area is 105 Å². The molecular weight excluding hydrogens is 236 g/mol. The van der Waals surface area contributed by atoms with Gasteiger partial charge in [-0.05, 0) is 6.42 Å². The van der Waals surface area contributed by atoms with Gasteiger partial charge in [0.15, 0.2) is 0 Å². The standard InChI is InChI=1S/C12H16N2O4/c1-2-3-8-18-13-12(15)9-10-6-4-5-7-11(10)14(16)17/h4-7H,2-3,8-9H2,1H3,(H,13,15). The normalized spacial score (nSPS) is 10.1. The molecule has 1 aromatic rings. The molecule has 0 radical (unpaired) electrons. The Morgan fingerprint density at radius 2 is 2.17 bits per heavy atom. The lowest BCUT2D eigenvalue weighted by Crippen LogP contribution is -2.26. The first kappa shape index (κ1) is 14.1. The van der Waals surface area contributed by atoms with E-state index in [9.17, 15) is 14.9 Å². The maximum absolute atomic E-state index is 11.5. The molecule has 18 heavy (non-hydrogen) atoms. The van der Waals surface area contributed by atoms with Gasteiger partial charge in [0.2, 0.25) is 5.91 Å². The number of rotatable bonds is 7. The topological polar surface area (TPSA) is 81.5 Å². The van der Waals surface area contributed by atoms with Crippen LogP contribution in [0.25, 0.3) is 0 Å². The lowest BCUT2D eigenvalue weighted by atomic mass is 10.1. The van der Waals surface area contributed by atoms with E-state index < -0.39 is 4.92 Å². The van der Waals surface area contributed by atoms with Gasteiger partial charge in [0.1, 0.15) is 0 Å². The van der Waals surface area contributed by atoms with E-state index >= 15 is 0 Å². The van der Waals surface area contributed by atoms with Crippen LogP contribution in [0.3, 0.4) is 0 Å². The average molecular weight is 252 g/mol. The van der Waals surface area contributed by atoms with Crippen molar-refractivity contribution in [1.82, 2.24) is 5.48 Å². The zero-order valence-electron chi connectivity index (χ0n) is 10.2. The number of hydroxylamine groups is 1. The van der Waals surface area contributed by atoms with Crippen LogP contribution in [0.4, 0.5) is 5.69 Å². The van der Waals surface area contributed by atoms with Crippen LogP contribution in [0, 0.1) is 10.1 Å². The lowest BCUT2D eigenvalue weighted by molar-refractivity contribution is -0.385. The first-order valence-corrected chi connectivity index (χ1v) is 5.78. The minimum absolute atomic E-state index is 0.0544. The Morgan fingerprint density at radius 1 is 1.44 bits per heavy atom. The molecule has 0 saturated heterocycles. The number of nitrogens with one attached hydrogen (secondary N) is 1. The predicted octanol–water partition coefficient (Wildman–Crippen LogP) is 1.99. The van der Waals surface area contributed by atoms with Crippen LogP contribution >= 0.6 is 0 Å². The van der Waals surface area contributed by atoms with Crippen LogP contribution in [0.2, 0.25) is 0 Å². The van der Waals surface area contributed by atoms with Crippen molar-refractivity contribution in [2.75, 3.05) is 6.61 Å². The van der Waals surface area contributed by atoms with Gasteiger partial charge in [-0.15, -0.1) is 0 Å². The molecule has 0 aliphatic rings. The molecule has 0 heterocycles. The van der Waals surface area contributed by atoms with Crippen LogP contribution in [0.1, 0.15) is 25.3 Å². The number of hydrogen-bond acceptors (Lipinski definition) is 4. The van der Waals surface area contributed by atoms with Crippen molar-refractivity contribution in [2.24, 2.45) is 0 Å². The van der Waals surface area contributed by atoms with Gasteiger partial charge in [0.25, 0.3) is 5.69 Å². The average Bonchev–Trinajstić information content (AvgIpc) is 2.35. The smallest absolute Gasteiger partial charge is 0.273 e. The van der Waals surface area contributed by atoms with Crippen LogP contribution in [-0.4, -0.2) is 17.4 Å². The number of benzene rings is 1. The molecule has 0 aliphatic heterocycles. The summed E-state index contributed by atoms with van der Waals surface area (Å²) in [6, 6.07) is 6.16. The number of nitro groups is 1. The monoisotopic (exact) mass is 252 g/mol. The maximum Gasteiger partial charge on any atom is 0.273 e. The first-order chi connectivity index (χ1) is 8.65. The second kappa shape index (κ2) is 7.39. The minimum Gasteiger partial charge on any atom is -0.274 e. The van der Waals surface area contributed by atoms with Crippen molar-refractivity contribution in [3.8, 4) is 0 Å². The van der Waals surface area contributed by atoms with Gasteiger partial charge >= 0.3 is 0 Å². The molecule has 0 atom stereocenters. The Bertz CT molecular complexity index is 420. The van der Waals surface area contributed by atoms with E-state index in [1.54, 1.807) is 18.2 Å². The van der Waals surface area contributed by atoms with Crippen molar-refractivity contribution < 1.29 is 14.6 Å². The summed E-state index contributed by atoms with van der Waals surface area (Å²) in [5.74, 6) is -0.389. The number of carbonyl (C=O) groups is 1. The third-order valence-electron chi connectivity index (χ3n) is 2.33. The Morgan fingerprint density at radius 3 is 2.83 bits per heavy atom. The predicted molar refractivity (Wildman–Crippen MR) is 65.8 cm³/mol. The molecule has 98 valence electrons. The van der Waals surface area contributed by atoms with Gasteiger partial charge in [0, 0.05) is 11.6 Å². The molecule has 0 fully saturated rings. The molecule has 1 rings (SSSR count). The Balaban J connectivity index is 2.51. The van der Waals surface area contributed by atoms with Crippen LogP contribution in [0.5, 0.6) is 0 Å². The summed E-state index contributed by atoms with van der Waals surface area (Å²) >= 11 is 0. The summed E-state index contributed by atoms with van der Waals surface area (Å²) in [4.78, 5) is 26.7. The highest BCUT2D eigenvalue weighted by molar-refractivity contribution is 5.78. The van der Waals surface area contributed by atoms with Gasteiger partial charge in [-0.25, -0.2) is 5.48 Å². The highest BCUT2D eigenvalue weighted by Gasteiger charge is 2.15. The summed E-state index contributed by atoms with van der Waals surface area (Å²) in [5, 5.41) is 10.7. The van der Waals surface area contributed by atoms with E-state index in [1.807, 2.05) is 6.92 Å². The molecule has 0 aliphatic carbocycles. The number of nitro benzene ring substituents is 1. The number of nitrogens with zero attached hydrogens (tertiary/aromatic N) is 1. The Hall–Kier alpha value is -1.95. The van der Waals surface area contributed by atoms with Crippen molar-refractivity contribution in [1.29, 1.82) is 0 Å². The van der Waals surface area contributed by atoms with E-state index in [1.165, 1.54) is 6.07 Å². The molecule has 0 spiro atoms.